The van der Waals surface area contributed by atoms with Gasteiger partial charge in [0.2, 0.25) is 0 Å². The number of furan rings is 1. The van der Waals surface area contributed by atoms with Gasteiger partial charge in [-0.2, -0.15) is 0 Å². The number of amides is 1. The van der Waals surface area contributed by atoms with Crippen LogP contribution in [0.2, 0.25) is 0 Å². The summed E-state index contributed by atoms with van der Waals surface area (Å²) in [6.07, 6.45) is 4.60. The molecule has 18 heavy (non-hydrogen) atoms. The van der Waals surface area contributed by atoms with Crippen molar-refractivity contribution < 1.29 is 9.21 Å². The number of piperidine rings is 1. The molecule has 0 radical (unpaired) electrons. The molecule has 4 heteroatoms. The van der Waals surface area contributed by atoms with Crippen molar-refractivity contribution in [2.75, 3.05) is 19.6 Å². The number of aryl methyl sites for hydroxylation is 1. The van der Waals surface area contributed by atoms with Gasteiger partial charge in [0.15, 0.2) is 0 Å². The summed E-state index contributed by atoms with van der Waals surface area (Å²) in [6.45, 7) is 6.76. The zero-order valence-corrected chi connectivity index (χ0v) is 11.2. The van der Waals surface area contributed by atoms with Crippen molar-refractivity contribution in [3.8, 4) is 0 Å². The summed E-state index contributed by atoms with van der Waals surface area (Å²) in [5.41, 5.74) is 0.727. The maximum atomic E-state index is 12.6. The lowest BCUT2D eigenvalue weighted by atomic mass is 10.0. The molecular weight excluding hydrogens is 228 g/mol. The summed E-state index contributed by atoms with van der Waals surface area (Å²) < 4.78 is 5.35. The number of nitrogens with one attached hydrogen (secondary N) is 1. The third-order valence-electron chi connectivity index (χ3n) is 3.61. The minimum Gasteiger partial charge on any atom is -0.469 e. The fourth-order valence-corrected chi connectivity index (χ4v) is 2.63. The van der Waals surface area contributed by atoms with Crippen LogP contribution in [-0.4, -0.2) is 36.5 Å². The summed E-state index contributed by atoms with van der Waals surface area (Å²) in [7, 11) is 0. The second kappa shape index (κ2) is 6.05. The Kier molecular flexibility index (Phi) is 4.42. The molecule has 1 aliphatic rings. The summed E-state index contributed by atoms with van der Waals surface area (Å²) in [6, 6.07) is 2.11. The van der Waals surface area contributed by atoms with Crippen molar-refractivity contribution in [1.29, 1.82) is 0 Å². The smallest absolute Gasteiger partial charge is 0.257 e. The first-order valence-corrected chi connectivity index (χ1v) is 6.86. The SMILES string of the molecule is CCc1occc1C(=O)N(CC)C1CCCNC1. The normalized spacial score (nSPS) is 19.8. The van der Waals surface area contributed by atoms with E-state index in [0.717, 1.165) is 50.2 Å². The van der Waals surface area contributed by atoms with E-state index >= 15 is 0 Å². The Morgan fingerprint density at radius 3 is 3.00 bits per heavy atom. The van der Waals surface area contributed by atoms with Crippen molar-refractivity contribution in [1.82, 2.24) is 10.2 Å². The van der Waals surface area contributed by atoms with E-state index in [9.17, 15) is 4.79 Å². The molecule has 1 aromatic rings. The Hall–Kier alpha value is -1.29. The number of hydrogen-bond donors (Lipinski definition) is 1. The molecule has 1 unspecified atom stereocenters. The fraction of sp³-hybridized carbons (Fsp3) is 0.643. The van der Waals surface area contributed by atoms with Gasteiger partial charge >= 0.3 is 0 Å². The molecule has 2 rings (SSSR count). The summed E-state index contributed by atoms with van der Waals surface area (Å²) >= 11 is 0. The van der Waals surface area contributed by atoms with Crippen LogP contribution in [0.1, 0.15) is 42.8 Å². The maximum absolute atomic E-state index is 12.6. The lowest BCUT2D eigenvalue weighted by Gasteiger charge is -2.34. The van der Waals surface area contributed by atoms with Gasteiger partial charge in [-0.15, -0.1) is 0 Å². The van der Waals surface area contributed by atoms with Gasteiger partial charge in [0.1, 0.15) is 5.76 Å². The van der Waals surface area contributed by atoms with E-state index in [0.29, 0.717) is 6.04 Å². The zero-order chi connectivity index (χ0) is 13.0. The quantitative estimate of drug-likeness (QED) is 0.889. The number of hydrogen-bond acceptors (Lipinski definition) is 3. The van der Waals surface area contributed by atoms with Crippen LogP contribution in [0.5, 0.6) is 0 Å². The van der Waals surface area contributed by atoms with E-state index in [1.165, 1.54) is 0 Å². The monoisotopic (exact) mass is 250 g/mol. The molecule has 1 fully saturated rings. The molecule has 0 saturated carbocycles. The van der Waals surface area contributed by atoms with Gasteiger partial charge in [-0.3, -0.25) is 4.79 Å². The van der Waals surface area contributed by atoms with Crippen molar-refractivity contribution in [3.63, 3.8) is 0 Å². The van der Waals surface area contributed by atoms with E-state index in [-0.39, 0.29) is 5.91 Å². The standard InChI is InChI=1S/C14H22N2O2/c1-3-13-12(7-9-18-13)14(17)16(4-2)11-6-5-8-15-10-11/h7,9,11,15H,3-6,8,10H2,1-2H3. The van der Waals surface area contributed by atoms with Gasteiger partial charge in [-0.25, -0.2) is 0 Å². The Labute approximate surface area is 108 Å². The van der Waals surface area contributed by atoms with Gasteiger partial charge in [0, 0.05) is 25.6 Å². The molecule has 2 heterocycles. The molecule has 1 aromatic heterocycles. The number of nitrogens with zero attached hydrogens (tertiary/aromatic N) is 1. The van der Waals surface area contributed by atoms with Crippen LogP contribution in [0.3, 0.4) is 0 Å². The molecule has 1 N–H and O–H groups in total. The minimum absolute atomic E-state index is 0.108. The first kappa shape index (κ1) is 13.1. The molecule has 1 saturated heterocycles. The van der Waals surface area contributed by atoms with E-state index < -0.39 is 0 Å². The Balaban J connectivity index is 2.14. The lowest BCUT2D eigenvalue weighted by molar-refractivity contribution is 0.0660. The zero-order valence-electron chi connectivity index (χ0n) is 11.2. The predicted octanol–water partition coefficient (Wildman–Crippen LogP) is 2.06. The van der Waals surface area contributed by atoms with E-state index in [1.54, 1.807) is 12.3 Å². The van der Waals surface area contributed by atoms with E-state index in [4.69, 9.17) is 4.42 Å². The lowest BCUT2D eigenvalue weighted by Crippen LogP contribution is -2.48. The second-order valence-electron chi connectivity index (χ2n) is 4.70. The summed E-state index contributed by atoms with van der Waals surface area (Å²) in [5, 5.41) is 3.36. The van der Waals surface area contributed by atoms with E-state index in [2.05, 4.69) is 5.32 Å². The predicted molar refractivity (Wildman–Crippen MR) is 70.7 cm³/mol. The van der Waals surface area contributed by atoms with Crippen LogP contribution >= 0.6 is 0 Å². The Morgan fingerprint density at radius 1 is 1.56 bits per heavy atom. The van der Waals surface area contributed by atoms with Gasteiger partial charge < -0.3 is 14.6 Å². The molecule has 4 nitrogen and oxygen atoms in total. The third kappa shape index (κ3) is 2.58. The molecular formula is C14H22N2O2. The number of carbonyl (C=O) groups excluding carboxylic acids is 1. The van der Waals surface area contributed by atoms with Crippen molar-refractivity contribution in [3.05, 3.63) is 23.7 Å². The van der Waals surface area contributed by atoms with Crippen molar-refractivity contribution in [2.24, 2.45) is 0 Å². The molecule has 0 aliphatic carbocycles. The largest absolute Gasteiger partial charge is 0.469 e. The highest BCUT2D eigenvalue weighted by Gasteiger charge is 2.26. The second-order valence-corrected chi connectivity index (χ2v) is 4.70. The van der Waals surface area contributed by atoms with Gasteiger partial charge in [0.05, 0.1) is 11.8 Å². The van der Waals surface area contributed by atoms with Gasteiger partial charge in [-0.05, 0) is 32.4 Å². The third-order valence-corrected chi connectivity index (χ3v) is 3.61. The molecule has 0 spiro atoms. The number of rotatable bonds is 4. The molecule has 1 atom stereocenters. The highest BCUT2D eigenvalue weighted by Crippen LogP contribution is 2.18. The van der Waals surface area contributed by atoms with Crippen LogP contribution in [0.15, 0.2) is 16.7 Å². The van der Waals surface area contributed by atoms with Crippen LogP contribution in [0.4, 0.5) is 0 Å². The highest BCUT2D eigenvalue weighted by molar-refractivity contribution is 5.95. The topological polar surface area (TPSA) is 45.5 Å². The maximum Gasteiger partial charge on any atom is 0.257 e. The summed E-state index contributed by atoms with van der Waals surface area (Å²) in [4.78, 5) is 14.5. The van der Waals surface area contributed by atoms with Crippen molar-refractivity contribution in [2.45, 2.75) is 39.2 Å². The minimum atomic E-state index is 0.108. The average Bonchev–Trinajstić information content (AvgIpc) is 2.89. The van der Waals surface area contributed by atoms with Gasteiger partial charge in [-0.1, -0.05) is 6.92 Å². The fourth-order valence-electron chi connectivity index (χ4n) is 2.63. The van der Waals surface area contributed by atoms with Gasteiger partial charge in [0.25, 0.3) is 5.91 Å². The van der Waals surface area contributed by atoms with Crippen LogP contribution in [0.25, 0.3) is 0 Å². The molecule has 100 valence electrons. The molecule has 0 aromatic carbocycles. The van der Waals surface area contributed by atoms with Crippen LogP contribution in [-0.2, 0) is 6.42 Å². The Bertz CT molecular complexity index is 394. The first-order valence-electron chi connectivity index (χ1n) is 6.86. The number of likely N-dealkylation sites (N-methyl/N-ethyl adjacent to an activating group) is 1. The first-order chi connectivity index (χ1) is 8.77. The average molecular weight is 250 g/mol. The molecule has 1 aliphatic heterocycles. The highest BCUT2D eigenvalue weighted by atomic mass is 16.3. The summed E-state index contributed by atoms with van der Waals surface area (Å²) in [5.74, 6) is 0.902. The van der Waals surface area contributed by atoms with Crippen molar-refractivity contribution >= 4 is 5.91 Å². The molecule has 0 bridgehead atoms. The van der Waals surface area contributed by atoms with E-state index in [1.807, 2.05) is 18.7 Å². The molecule has 1 amide bonds. The number of carbonyl (C=O) groups is 1. The van der Waals surface area contributed by atoms with Crippen LogP contribution in [0, 0.1) is 0 Å². The van der Waals surface area contributed by atoms with Crippen LogP contribution < -0.4 is 5.32 Å². The Morgan fingerprint density at radius 2 is 2.39 bits per heavy atom.